The van der Waals surface area contributed by atoms with Crippen LogP contribution in [-0.4, -0.2) is 17.2 Å². The van der Waals surface area contributed by atoms with Crippen LogP contribution in [0, 0.1) is 6.92 Å². The summed E-state index contributed by atoms with van der Waals surface area (Å²) in [5.41, 5.74) is 7.51. The van der Waals surface area contributed by atoms with Gasteiger partial charge in [0.1, 0.15) is 5.75 Å². The number of ether oxygens (including phenoxy) is 1. The van der Waals surface area contributed by atoms with Crippen molar-refractivity contribution in [3.8, 4) is 17.0 Å². The Bertz CT molecular complexity index is 1220. The molecule has 4 rings (SSSR count). The molecule has 7 heteroatoms. The van der Waals surface area contributed by atoms with E-state index >= 15 is 0 Å². The number of carbonyl (C=O) groups is 1. The number of halogens is 1. The third kappa shape index (κ3) is 5.45. The van der Waals surface area contributed by atoms with Gasteiger partial charge in [-0.05, 0) is 64.8 Å². The van der Waals surface area contributed by atoms with Crippen LogP contribution in [0.25, 0.3) is 11.3 Å². The van der Waals surface area contributed by atoms with E-state index in [2.05, 4.69) is 62.6 Å². The molecule has 0 saturated carbocycles. The Kier molecular flexibility index (Phi) is 6.54. The van der Waals surface area contributed by atoms with Gasteiger partial charge >= 0.3 is 5.97 Å². The molecule has 0 aliphatic carbocycles. The molecule has 4 aromatic rings. The molecule has 0 saturated heterocycles. The molecule has 0 aliphatic heterocycles. The normalized spacial score (nSPS) is 10.9. The average molecular weight is 492 g/mol. The lowest BCUT2D eigenvalue weighted by Gasteiger charge is -2.06. The number of rotatable bonds is 6. The van der Waals surface area contributed by atoms with Gasteiger partial charge in [-0.25, -0.2) is 9.78 Å². The van der Waals surface area contributed by atoms with Crippen molar-refractivity contribution in [3.05, 3.63) is 99.3 Å². The highest BCUT2D eigenvalue weighted by atomic mass is 79.9. The molecule has 0 aliphatic rings. The van der Waals surface area contributed by atoms with Crippen molar-refractivity contribution in [3.63, 3.8) is 0 Å². The van der Waals surface area contributed by atoms with Crippen LogP contribution >= 0.6 is 27.3 Å². The molecule has 0 amide bonds. The van der Waals surface area contributed by atoms with Gasteiger partial charge in [0, 0.05) is 15.4 Å². The van der Waals surface area contributed by atoms with E-state index in [0.717, 1.165) is 16.8 Å². The Morgan fingerprint density at radius 2 is 1.81 bits per heavy atom. The number of nitrogens with zero attached hydrogens (tertiary/aromatic N) is 2. The number of hydrazone groups is 1. The van der Waals surface area contributed by atoms with E-state index in [1.165, 1.54) is 16.9 Å². The average Bonchev–Trinajstić information content (AvgIpc) is 3.24. The highest BCUT2D eigenvalue weighted by Gasteiger charge is 2.11. The van der Waals surface area contributed by atoms with Gasteiger partial charge in [0.05, 0.1) is 17.5 Å². The van der Waals surface area contributed by atoms with E-state index in [1.54, 1.807) is 36.5 Å². The minimum absolute atomic E-state index is 0.413. The summed E-state index contributed by atoms with van der Waals surface area (Å²) in [6, 6.07) is 22.5. The summed E-state index contributed by atoms with van der Waals surface area (Å²) in [5.74, 6) is 0.0530. The third-order valence-electron chi connectivity index (χ3n) is 4.41. The van der Waals surface area contributed by atoms with Crippen LogP contribution in [0.4, 0.5) is 5.13 Å². The zero-order valence-corrected chi connectivity index (χ0v) is 19.0. The van der Waals surface area contributed by atoms with E-state index in [9.17, 15) is 4.79 Å². The second-order valence-corrected chi connectivity index (χ2v) is 8.42. The molecule has 3 aromatic carbocycles. The fourth-order valence-electron chi connectivity index (χ4n) is 2.75. The summed E-state index contributed by atoms with van der Waals surface area (Å²) in [6.07, 6.45) is 1.69. The van der Waals surface area contributed by atoms with Crippen LogP contribution < -0.4 is 10.2 Å². The number of esters is 1. The smallest absolute Gasteiger partial charge is 0.344 e. The number of hydrogen-bond donors (Lipinski definition) is 1. The zero-order chi connectivity index (χ0) is 21.6. The molecule has 154 valence electrons. The standard InChI is InChI=1S/C24H18BrN3O2S/c1-16-6-10-18(11-7-16)22-15-31-24(27-22)28-26-14-17-8-12-19(13-9-17)30-23(29)20-4-2-3-5-21(20)25/h2-15H,1H3,(H,27,28)/b26-14-. The Morgan fingerprint density at radius 3 is 2.55 bits per heavy atom. The number of carbonyl (C=O) groups excluding carboxylic acids is 1. The van der Waals surface area contributed by atoms with Crippen LogP contribution in [-0.2, 0) is 0 Å². The molecule has 5 nitrogen and oxygen atoms in total. The monoisotopic (exact) mass is 491 g/mol. The van der Waals surface area contributed by atoms with Crippen LogP contribution in [0.2, 0.25) is 0 Å². The maximum atomic E-state index is 12.3. The van der Waals surface area contributed by atoms with Crippen molar-refractivity contribution >= 4 is 44.6 Å². The second kappa shape index (κ2) is 9.68. The van der Waals surface area contributed by atoms with Crippen molar-refractivity contribution in [1.29, 1.82) is 0 Å². The van der Waals surface area contributed by atoms with E-state index in [4.69, 9.17) is 4.74 Å². The molecule has 0 unspecified atom stereocenters. The maximum Gasteiger partial charge on any atom is 0.344 e. The highest BCUT2D eigenvalue weighted by Crippen LogP contribution is 2.25. The lowest BCUT2D eigenvalue weighted by atomic mass is 10.1. The van der Waals surface area contributed by atoms with Crippen molar-refractivity contribution in [2.24, 2.45) is 5.10 Å². The SMILES string of the molecule is Cc1ccc(-c2csc(N/N=C\c3ccc(OC(=O)c4ccccc4Br)cc3)n2)cc1. The van der Waals surface area contributed by atoms with Gasteiger partial charge < -0.3 is 4.74 Å². The van der Waals surface area contributed by atoms with Crippen LogP contribution in [0.1, 0.15) is 21.5 Å². The number of aromatic nitrogens is 1. The second-order valence-electron chi connectivity index (χ2n) is 6.71. The van der Waals surface area contributed by atoms with Gasteiger partial charge in [0.15, 0.2) is 0 Å². The molecular formula is C24H18BrN3O2S. The molecule has 0 bridgehead atoms. The number of benzene rings is 3. The number of hydrogen-bond acceptors (Lipinski definition) is 6. The first-order chi connectivity index (χ1) is 15.1. The molecule has 0 atom stereocenters. The predicted molar refractivity (Wildman–Crippen MR) is 129 cm³/mol. The molecule has 0 radical (unpaired) electrons. The molecule has 31 heavy (non-hydrogen) atoms. The quantitative estimate of drug-likeness (QED) is 0.144. The topological polar surface area (TPSA) is 63.6 Å². The van der Waals surface area contributed by atoms with Gasteiger partial charge in [-0.1, -0.05) is 42.0 Å². The van der Waals surface area contributed by atoms with E-state index in [-0.39, 0.29) is 0 Å². The summed E-state index contributed by atoms with van der Waals surface area (Å²) < 4.78 is 6.12. The zero-order valence-electron chi connectivity index (χ0n) is 16.6. The Labute approximate surface area is 192 Å². The number of nitrogens with one attached hydrogen (secondary N) is 1. The Balaban J connectivity index is 1.34. The van der Waals surface area contributed by atoms with Gasteiger partial charge in [-0.3, -0.25) is 5.43 Å². The van der Waals surface area contributed by atoms with Crippen molar-refractivity contribution in [1.82, 2.24) is 4.98 Å². The summed E-state index contributed by atoms with van der Waals surface area (Å²) in [5, 5.41) is 6.95. The first-order valence-electron chi connectivity index (χ1n) is 9.47. The van der Waals surface area contributed by atoms with Crippen molar-refractivity contribution in [2.45, 2.75) is 6.92 Å². The number of thiazole rings is 1. The van der Waals surface area contributed by atoms with Gasteiger partial charge in [0.2, 0.25) is 5.13 Å². The first kappa shape index (κ1) is 21.0. The largest absolute Gasteiger partial charge is 0.423 e. The lowest BCUT2D eigenvalue weighted by Crippen LogP contribution is -2.09. The molecule has 0 fully saturated rings. The van der Waals surface area contributed by atoms with Crippen molar-refractivity contribution in [2.75, 3.05) is 5.43 Å². The molecule has 1 N–H and O–H groups in total. The molecule has 0 spiro atoms. The number of anilines is 1. The van der Waals surface area contributed by atoms with Gasteiger partial charge in [-0.15, -0.1) is 11.3 Å². The van der Waals surface area contributed by atoms with Gasteiger partial charge in [0.25, 0.3) is 0 Å². The molecule has 1 heterocycles. The fraction of sp³-hybridized carbons (Fsp3) is 0.0417. The Morgan fingerprint density at radius 1 is 1.06 bits per heavy atom. The number of aryl methyl sites for hydroxylation is 1. The summed E-state index contributed by atoms with van der Waals surface area (Å²) in [6.45, 7) is 2.06. The minimum atomic E-state index is -0.413. The van der Waals surface area contributed by atoms with Crippen molar-refractivity contribution < 1.29 is 9.53 Å². The fourth-order valence-corrected chi connectivity index (χ4v) is 3.87. The first-order valence-corrected chi connectivity index (χ1v) is 11.1. The molecule has 1 aromatic heterocycles. The van der Waals surface area contributed by atoms with Crippen LogP contribution in [0.15, 0.2) is 87.8 Å². The maximum absolute atomic E-state index is 12.3. The summed E-state index contributed by atoms with van der Waals surface area (Å²) >= 11 is 4.85. The van der Waals surface area contributed by atoms with E-state index in [0.29, 0.717) is 20.9 Å². The lowest BCUT2D eigenvalue weighted by molar-refractivity contribution is 0.0734. The summed E-state index contributed by atoms with van der Waals surface area (Å²) in [4.78, 5) is 16.8. The molecular weight excluding hydrogens is 474 g/mol. The predicted octanol–water partition coefficient (Wildman–Crippen LogP) is 6.55. The van der Waals surface area contributed by atoms with Crippen LogP contribution in [0.5, 0.6) is 5.75 Å². The van der Waals surface area contributed by atoms with Gasteiger partial charge in [-0.2, -0.15) is 5.10 Å². The third-order valence-corrected chi connectivity index (χ3v) is 5.85. The van der Waals surface area contributed by atoms with Crippen LogP contribution in [0.3, 0.4) is 0 Å². The Hall–Kier alpha value is -3.29. The van der Waals surface area contributed by atoms with E-state index < -0.39 is 5.97 Å². The summed E-state index contributed by atoms with van der Waals surface area (Å²) in [7, 11) is 0. The highest BCUT2D eigenvalue weighted by molar-refractivity contribution is 9.10. The van der Waals surface area contributed by atoms with E-state index in [1.807, 2.05) is 23.6 Å². The minimum Gasteiger partial charge on any atom is -0.423 e.